The van der Waals surface area contributed by atoms with Crippen LogP contribution in [0.15, 0.2) is 59.1 Å². The predicted octanol–water partition coefficient (Wildman–Crippen LogP) is 4.07. The third kappa shape index (κ3) is 4.95. The molecule has 138 valence electrons. The number of methoxy groups -OCH3 is 1. The minimum atomic E-state index is -0.172. The fourth-order valence-corrected chi connectivity index (χ4v) is 2.45. The molecule has 3 rings (SSSR count). The van der Waals surface area contributed by atoms with Crippen LogP contribution in [0.2, 0.25) is 5.02 Å². The molecule has 0 radical (unpaired) electrons. The largest absolute Gasteiger partial charge is 0.497 e. The zero-order valence-electron chi connectivity index (χ0n) is 14.9. The zero-order chi connectivity index (χ0) is 19.2. The molecule has 1 aromatic heterocycles. The molecule has 3 aromatic rings. The summed E-state index contributed by atoms with van der Waals surface area (Å²) in [7, 11) is 3.28. The van der Waals surface area contributed by atoms with Crippen LogP contribution >= 0.6 is 11.6 Å². The second-order valence-corrected chi connectivity index (χ2v) is 6.26. The SMILES string of the molecule is COc1ccc(-c2noc(CN(C)C(=O)C=Cc3ccc(Cl)cc3)n2)cc1. The van der Waals surface area contributed by atoms with Crippen molar-refractivity contribution in [3.05, 3.63) is 71.1 Å². The van der Waals surface area contributed by atoms with Crippen molar-refractivity contribution in [2.24, 2.45) is 0 Å². The molecule has 0 spiro atoms. The van der Waals surface area contributed by atoms with Crippen molar-refractivity contribution in [2.45, 2.75) is 6.54 Å². The molecule has 0 aliphatic rings. The summed E-state index contributed by atoms with van der Waals surface area (Å²) in [5.74, 6) is 1.40. The number of benzene rings is 2. The molecule has 0 saturated carbocycles. The molecule has 0 aliphatic heterocycles. The van der Waals surface area contributed by atoms with Gasteiger partial charge in [0, 0.05) is 23.7 Å². The van der Waals surface area contributed by atoms with E-state index in [0.29, 0.717) is 16.7 Å². The molecule has 0 atom stereocenters. The number of likely N-dealkylation sites (N-methyl/N-ethyl adjacent to an activating group) is 1. The number of carbonyl (C=O) groups is 1. The van der Waals surface area contributed by atoms with Crippen molar-refractivity contribution in [1.82, 2.24) is 15.0 Å². The molecule has 7 heteroatoms. The maximum absolute atomic E-state index is 12.2. The molecule has 0 fully saturated rings. The highest BCUT2D eigenvalue weighted by Gasteiger charge is 2.13. The smallest absolute Gasteiger partial charge is 0.246 e. The molecule has 1 amide bonds. The van der Waals surface area contributed by atoms with Gasteiger partial charge in [-0.1, -0.05) is 28.9 Å². The van der Waals surface area contributed by atoms with Gasteiger partial charge in [0.15, 0.2) is 0 Å². The highest BCUT2D eigenvalue weighted by atomic mass is 35.5. The van der Waals surface area contributed by atoms with Crippen LogP contribution in [0, 0.1) is 0 Å². The maximum Gasteiger partial charge on any atom is 0.246 e. The van der Waals surface area contributed by atoms with Gasteiger partial charge in [-0.25, -0.2) is 0 Å². The van der Waals surface area contributed by atoms with Crippen LogP contribution in [0.5, 0.6) is 5.75 Å². The van der Waals surface area contributed by atoms with Crippen LogP contribution in [0.4, 0.5) is 0 Å². The standard InChI is InChI=1S/C20H18ClN3O3/c1-24(19(25)12-5-14-3-8-16(21)9-4-14)13-18-22-20(23-27-18)15-6-10-17(26-2)11-7-15/h3-12H,13H2,1-2H3. The van der Waals surface area contributed by atoms with Crippen LogP contribution in [0.25, 0.3) is 17.5 Å². The Bertz CT molecular complexity index is 934. The number of aromatic nitrogens is 2. The van der Waals surface area contributed by atoms with E-state index in [2.05, 4.69) is 10.1 Å². The Morgan fingerprint density at radius 1 is 1.19 bits per heavy atom. The molecule has 27 heavy (non-hydrogen) atoms. The minimum Gasteiger partial charge on any atom is -0.497 e. The Balaban J connectivity index is 1.61. The van der Waals surface area contributed by atoms with Crippen molar-refractivity contribution < 1.29 is 14.1 Å². The van der Waals surface area contributed by atoms with Gasteiger partial charge in [-0.2, -0.15) is 4.98 Å². The number of hydrogen-bond donors (Lipinski definition) is 0. The lowest BCUT2D eigenvalue weighted by molar-refractivity contribution is -0.125. The van der Waals surface area contributed by atoms with E-state index in [-0.39, 0.29) is 12.5 Å². The number of halogens is 1. The Labute approximate surface area is 162 Å². The summed E-state index contributed by atoms with van der Waals surface area (Å²) in [6, 6.07) is 14.6. The number of nitrogens with zero attached hydrogens (tertiary/aromatic N) is 3. The first kappa shape index (κ1) is 18.7. The fraction of sp³-hybridized carbons (Fsp3) is 0.150. The van der Waals surface area contributed by atoms with Gasteiger partial charge in [-0.05, 0) is 48.0 Å². The molecule has 0 saturated heterocycles. The summed E-state index contributed by atoms with van der Waals surface area (Å²) in [6.07, 6.45) is 3.22. The first-order valence-corrected chi connectivity index (χ1v) is 8.58. The summed E-state index contributed by atoms with van der Waals surface area (Å²) >= 11 is 5.85. The molecule has 1 heterocycles. The third-order valence-electron chi connectivity index (χ3n) is 3.85. The second kappa shape index (κ2) is 8.51. The lowest BCUT2D eigenvalue weighted by Gasteiger charge is -2.11. The number of hydrogen-bond acceptors (Lipinski definition) is 5. The van der Waals surface area contributed by atoms with Crippen LogP contribution in [0.3, 0.4) is 0 Å². The minimum absolute atomic E-state index is 0.172. The third-order valence-corrected chi connectivity index (χ3v) is 4.11. The van der Waals surface area contributed by atoms with E-state index < -0.39 is 0 Å². The Morgan fingerprint density at radius 2 is 1.89 bits per heavy atom. The summed E-state index contributed by atoms with van der Waals surface area (Å²) in [4.78, 5) is 18.1. The highest BCUT2D eigenvalue weighted by molar-refractivity contribution is 6.30. The van der Waals surface area contributed by atoms with E-state index in [9.17, 15) is 4.79 Å². The topological polar surface area (TPSA) is 68.5 Å². The van der Waals surface area contributed by atoms with Gasteiger partial charge in [0.05, 0.1) is 13.7 Å². The summed E-state index contributed by atoms with van der Waals surface area (Å²) in [5.41, 5.74) is 1.70. The Kier molecular flexibility index (Phi) is 5.88. The van der Waals surface area contributed by atoms with Crippen molar-refractivity contribution in [3.63, 3.8) is 0 Å². The number of amides is 1. The molecule has 0 unspecified atom stereocenters. The van der Waals surface area contributed by atoms with E-state index in [1.54, 1.807) is 32.4 Å². The van der Waals surface area contributed by atoms with Crippen molar-refractivity contribution in [3.8, 4) is 17.1 Å². The number of carbonyl (C=O) groups excluding carboxylic acids is 1. The van der Waals surface area contributed by atoms with Gasteiger partial charge in [0.2, 0.25) is 17.6 Å². The van der Waals surface area contributed by atoms with E-state index >= 15 is 0 Å². The first-order chi connectivity index (χ1) is 13.0. The summed E-state index contributed by atoms with van der Waals surface area (Å²) in [6.45, 7) is 0.215. The fourth-order valence-electron chi connectivity index (χ4n) is 2.33. The number of ether oxygens (including phenoxy) is 1. The average molecular weight is 384 g/mol. The monoisotopic (exact) mass is 383 g/mol. The first-order valence-electron chi connectivity index (χ1n) is 8.21. The van der Waals surface area contributed by atoms with E-state index in [1.807, 2.05) is 36.4 Å². The van der Waals surface area contributed by atoms with Crippen LogP contribution in [-0.2, 0) is 11.3 Å². The van der Waals surface area contributed by atoms with Crippen molar-refractivity contribution in [2.75, 3.05) is 14.2 Å². The summed E-state index contributed by atoms with van der Waals surface area (Å²) in [5, 5.41) is 4.61. The predicted molar refractivity (Wildman–Crippen MR) is 103 cm³/mol. The quantitative estimate of drug-likeness (QED) is 0.600. The van der Waals surface area contributed by atoms with Crippen LogP contribution in [-0.4, -0.2) is 35.1 Å². The van der Waals surface area contributed by atoms with E-state index in [1.165, 1.54) is 11.0 Å². The molecule has 0 N–H and O–H groups in total. The van der Waals surface area contributed by atoms with Gasteiger partial charge >= 0.3 is 0 Å². The molecule has 0 aliphatic carbocycles. The molecular weight excluding hydrogens is 366 g/mol. The van der Waals surface area contributed by atoms with E-state index in [0.717, 1.165) is 16.9 Å². The molecule has 2 aromatic carbocycles. The van der Waals surface area contributed by atoms with Gasteiger partial charge in [0.1, 0.15) is 5.75 Å². The molecule has 0 bridgehead atoms. The Morgan fingerprint density at radius 3 is 2.56 bits per heavy atom. The van der Waals surface area contributed by atoms with Gasteiger partial charge in [0.25, 0.3) is 0 Å². The van der Waals surface area contributed by atoms with Crippen LogP contribution < -0.4 is 4.74 Å². The number of rotatable bonds is 6. The average Bonchev–Trinajstić information content (AvgIpc) is 3.15. The van der Waals surface area contributed by atoms with E-state index in [4.69, 9.17) is 20.9 Å². The van der Waals surface area contributed by atoms with Gasteiger partial charge in [-0.15, -0.1) is 0 Å². The molecular formula is C20H18ClN3O3. The maximum atomic E-state index is 12.2. The lowest BCUT2D eigenvalue weighted by atomic mass is 10.2. The lowest BCUT2D eigenvalue weighted by Crippen LogP contribution is -2.24. The highest BCUT2D eigenvalue weighted by Crippen LogP contribution is 2.20. The van der Waals surface area contributed by atoms with Gasteiger partial charge in [-0.3, -0.25) is 4.79 Å². The van der Waals surface area contributed by atoms with Crippen LogP contribution in [0.1, 0.15) is 11.5 Å². The van der Waals surface area contributed by atoms with Crippen molar-refractivity contribution >= 4 is 23.6 Å². The van der Waals surface area contributed by atoms with Gasteiger partial charge < -0.3 is 14.2 Å². The normalized spacial score (nSPS) is 10.9. The molecule has 6 nitrogen and oxygen atoms in total. The Hall–Kier alpha value is -3.12. The van der Waals surface area contributed by atoms with Crippen molar-refractivity contribution in [1.29, 1.82) is 0 Å². The second-order valence-electron chi connectivity index (χ2n) is 5.82. The summed E-state index contributed by atoms with van der Waals surface area (Å²) < 4.78 is 10.4. The zero-order valence-corrected chi connectivity index (χ0v) is 15.7.